The van der Waals surface area contributed by atoms with Crippen molar-refractivity contribution in [2.24, 2.45) is 5.92 Å². The van der Waals surface area contributed by atoms with Crippen LogP contribution in [-0.4, -0.2) is 35.7 Å². The van der Waals surface area contributed by atoms with Crippen molar-refractivity contribution in [2.75, 3.05) is 19.7 Å². The Labute approximate surface area is 75.6 Å². The minimum absolute atomic E-state index is 0.303. The Morgan fingerprint density at radius 3 is 2.58 bits per heavy atom. The average Bonchev–Trinajstić information content (AvgIpc) is 2.47. The van der Waals surface area contributed by atoms with Crippen LogP contribution < -0.4 is 0 Å². The predicted molar refractivity (Wildman–Crippen MR) is 51.1 cm³/mol. The Bertz CT molecular complexity index is 127. The number of aliphatic hydroxyl groups is 1. The minimum Gasteiger partial charge on any atom is -0.395 e. The standard InChI is InChI=1S/C10H21NO/c1-3-11(7-8-12)10-6-4-5-9(10)2/h9-10,12H,3-8H2,1-2H3/t9-,10-/m1/s1. The molecule has 0 radical (unpaired) electrons. The summed E-state index contributed by atoms with van der Waals surface area (Å²) in [5.74, 6) is 0.830. The maximum atomic E-state index is 8.87. The molecule has 0 unspecified atom stereocenters. The molecule has 0 saturated heterocycles. The molecular formula is C10H21NO. The summed E-state index contributed by atoms with van der Waals surface area (Å²) < 4.78 is 0. The topological polar surface area (TPSA) is 23.5 Å². The van der Waals surface area contributed by atoms with Crippen molar-refractivity contribution in [1.29, 1.82) is 0 Å². The summed E-state index contributed by atoms with van der Waals surface area (Å²) in [4.78, 5) is 2.41. The summed E-state index contributed by atoms with van der Waals surface area (Å²) in [6.07, 6.45) is 4.06. The predicted octanol–water partition coefficient (Wildman–Crippen LogP) is 1.49. The highest BCUT2D eigenvalue weighted by atomic mass is 16.3. The lowest BCUT2D eigenvalue weighted by molar-refractivity contribution is 0.137. The SMILES string of the molecule is CCN(CCO)[C@@H]1CCC[C@H]1C. The molecule has 0 amide bonds. The second kappa shape index (κ2) is 4.83. The van der Waals surface area contributed by atoms with E-state index in [2.05, 4.69) is 18.7 Å². The van der Waals surface area contributed by atoms with Crippen LogP contribution in [0.5, 0.6) is 0 Å². The highest BCUT2D eigenvalue weighted by Crippen LogP contribution is 2.28. The first-order valence-electron chi connectivity index (χ1n) is 5.14. The molecule has 12 heavy (non-hydrogen) atoms. The van der Waals surface area contributed by atoms with Crippen molar-refractivity contribution in [3.63, 3.8) is 0 Å². The van der Waals surface area contributed by atoms with Crippen LogP contribution in [0.4, 0.5) is 0 Å². The Kier molecular flexibility index (Phi) is 4.02. The van der Waals surface area contributed by atoms with E-state index in [0.29, 0.717) is 6.61 Å². The molecule has 0 spiro atoms. The van der Waals surface area contributed by atoms with Gasteiger partial charge < -0.3 is 5.11 Å². The molecule has 0 aromatic carbocycles. The number of likely N-dealkylation sites (N-methyl/N-ethyl adjacent to an activating group) is 1. The van der Waals surface area contributed by atoms with Crippen molar-refractivity contribution < 1.29 is 5.11 Å². The largest absolute Gasteiger partial charge is 0.395 e. The quantitative estimate of drug-likeness (QED) is 0.692. The first kappa shape index (κ1) is 10.0. The Morgan fingerprint density at radius 1 is 1.42 bits per heavy atom. The van der Waals surface area contributed by atoms with Gasteiger partial charge in [-0.3, -0.25) is 4.90 Å². The third-order valence-corrected chi connectivity index (χ3v) is 3.08. The van der Waals surface area contributed by atoms with Crippen molar-refractivity contribution >= 4 is 0 Å². The van der Waals surface area contributed by atoms with E-state index >= 15 is 0 Å². The van der Waals surface area contributed by atoms with Crippen LogP contribution in [0, 0.1) is 5.92 Å². The van der Waals surface area contributed by atoms with Crippen molar-refractivity contribution in [2.45, 2.75) is 39.2 Å². The fraction of sp³-hybridized carbons (Fsp3) is 1.00. The summed E-state index contributed by atoms with van der Waals surface area (Å²) in [6.45, 7) is 6.75. The number of rotatable bonds is 4. The molecule has 72 valence electrons. The Balaban J connectivity index is 2.41. The fourth-order valence-corrected chi connectivity index (χ4v) is 2.36. The monoisotopic (exact) mass is 171 g/mol. The van der Waals surface area contributed by atoms with Gasteiger partial charge in [-0.15, -0.1) is 0 Å². The molecule has 1 aliphatic carbocycles. The van der Waals surface area contributed by atoms with Gasteiger partial charge in [-0.2, -0.15) is 0 Å². The van der Waals surface area contributed by atoms with Gasteiger partial charge in [0.1, 0.15) is 0 Å². The average molecular weight is 171 g/mol. The molecule has 1 fully saturated rings. The molecular weight excluding hydrogens is 150 g/mol. The van der Waals surface area contributed by atoms with Crippen LogP contribution in [0.2, 0.25) is 0 Å². The summed E-state index contributed by atoms with van der Waals surface area (Å²) in [5.41, 5.74) is 0. The van der Waals surface area contributed by atoms with Gasteiger partial charge in [0.05, 0.1) is 6.61 Å². The first-order chi connectivity index (χ1) is 5.79. The van der Waals surface area contributed by atoms with Crippen molar-refractivity contribution in [3.8, 4) is 0 Å². The zero-order chi connectivity index (χ0) is 8.97. The summed E-state index contributed by atoms with van der Waals surface area (Å²) in [5, 5.41) is 8.87. The normalized spacial score (nSPS) is 30.0. The second-order valence-corrected chi connectivity index (χ2v) is 3.83. The molecule has 0 bridgehead atoms. The van der Waals surface area contributed by atoms with Gasteiger partial charge in [-0.25, -0.2) is 0 Å². The van der Waals surface area contributed by atoms with E-state index in [1.807, 2.05) is 0 Å². The summed E-state index contributed by atoms with van der Waals surface area (Å²) in [6, 6.07) is 0.738. The molecule has 0 heterocycles. The van der Waals surface area contributed by atoms with Crippen LogP contribution in [0.3, 0.4) is 0 Å². The molecule has 1 rings (SSSR count). The first-order valence-corrected chi connectivity index (χ1v) is 5.14. The van der Waals surface area contributed by atoms with Crippen molar-refractivity contribution in [3.05, 3.63) is 0 Å². The number of nitrogens with zero attached hydrogens (tertiary/aromatic N) is 1. The molecule has 1 saturated carbocycles. The third kappa shape index (κ3) is 2.20. The van der Waals surface area contributed by atoms with Crippen LogP contribution in [0.15, 0.2) is 0 Å². The Morgan fingerprint density at radius 2 is 2.17 bits per heavy atom. The lowest BCUT2D eigenvalue weighted by Crippen LogP contribution is -2.38. The second-order valence-electron chi connectivity index (χ2n) is 3.83. The molecule has 0 aliphatic heterocycles. The number of hydrogen-bond donors (Lipinski definition) is 1. The van der Waals surface area contributed by atoms with E-state index in [4.69, 9.17) is 5.11 Å². The van der Waals surface area contributed by atoms with Gasteiger partial charge in [0.2, 0.25) is 0 Å². The number of hydrogen-bond acceptors (Lipinski definition) is 2. The summed E-state index contributed by atoms with van der Waals surface area (Å²) in [7, 11) is 0. The molecule has 1 N–H and O–H groups in total. The Hall–Kier alpha value is -0.0800. The van der Waals surface area contributed by atoms with E-state index < -0.39 is 0 Å². The van der Waals surface area contributed by atoms with Crippen molar-refractivity contribution in [1.82, 2.24) is 4.90 Å². The zero-order valence-electron chi connectivity index (χ0n) is 8.29. The molecule has 0 aromatic rings. The maximum Gasteiger partial charge on any atom is 0.0558 e. The third-order valence-electron chi connectivity index (χ3n) is 3.08. The van der Waals surface area contributed by atoms with E-state index in [1.54, 1.807) is 0 Å². The van der Waals surface area contributed by atoms with Gasteiger partial charge in [0.15, 0.2) is 0 Å². The van der Waals surface area contributed by atoms with E-state index in [-0.39, 0.29) is 0 Å². The lowest BCUT2D eigenvalue weighted by Gasteiger charge is -2.29. The highest BCUT2D eigenvalue weighted by Gasteiger charge is 2.27. The van der Waals surface area contributed by atoms with Crippen LogP contribution in [0.25, 0.3) is 0 Å². The van der Waals surface area contributed by atoms with E-state index in [1.165, 1.54) is 19.3 Å². The number of aliphatic hydroxyl groups excluding tert-OH is 1. The molecule has 1 aliphatic rings. The van der Waals surface area contributed by atoms with Crippen LogP contribution >= 0.6 is 0 Å². The molecule has 2 heteroatoms. The lowest BCUT2D eigenvalue weighted by atomic mass is 10.0. The van der Waals surface area contributed by atoms with E-state index in [9.17, 15) is 0 Å². The maximum absolute atomic E-state index is 8.87. The summed E-state index contributed by atoms with van der Waals surface area (Å²) >= 11 is 0. The minimum atomic E-state index is 0.303. The fourth-order valence-electron chi connectivity index (χ4n) is 2.36. The smallest absolute Gasteiger partial charge is 0.0558 e. The van der Waals surface area contributed by atoms with E-state index in [0.717, 1.165) is 25.0 Å². The van der Waals surface area contributed by atoms with Crippen LogP contribution in [-0.2, 0) is 0 Å². The molecule has 2 atom stereocenters. The van der Waals surface area contributed by atoms with Gasteiger partial charge in [-0.05, 0) is 25.3 Å². The molecule has 0 aromatic heterocycles. The molecule has 2 nitrogen and oxygen atoms in total. The van der Waals surface area contributed by atoms with Gasteiger partial charge in [0.25, 0.3) is 0 Å². The van der Waals surface area contributed by atoms with Crippen LogP contribution in [0.1, 0.15) is 33.1 Å². The van der Waals surface area contributed by atoms with Gasteiger partial charge >= 0.3 is 0 Å². The van der Waals surface area contributed by atoms with Gasteiger partial charge in [0, 0.05) is 12.6 Å². The van der Waals surface area contributed by atoms with Gasteiger partial charge in [-0.1, -0.05) is 20.3 Å². The zero-order valence-corrected chi connectivity index (χ0v) is 8.29. The highest BCUT2D eigenvalue weighted by molar-refractivity contribution is 4.82.